The number of nitrogens with one attached hydrogen (secondary N) is 1. The van der Waals surface area contributed by atoms with Crippen molar-refractivity contribution in [2.24, 2.45) is 5.73 Å². The molecule has 1 heterocycles. The van der Waals surface area contributed by atoms with Crippen molar-refractivity contribution in [3.8, 4) is 0 Å². The molecule has 1 aliphatic heterocycles. The highest BCUT2D eigenvalue weighted by atomic mass is 32.2. The van der Waals surface area contributed by atoms with Gasteiger partial charge in [0.05, 0.1) is 6.17 Å². The highest BCUT2D eigenvalue weighted by Gasteiger charge is 2.17. The number of rotatable bonds is 4. The van der Waals surface area contributed by atoms with Crippen LogP contribution in [0.4, 0.5) is 0 Å². The van der Waals surface area contributed by atoms with Gasteiger partial charge >= 0.3 is 0 Å². The Kier molecular flexibility index (Phi) is 4.86. The summed E-state index contributed by atoms with van der Waals surface area (Å²) in [7, 11) is 0. The van der Waals surface area contributed by atoms with E-state index in [0.717, 1.165) is 31.9 Å². The van der Waals surface area contributed by atoms with Crippen molar-refractivity contribution in [2.45, 2.75) is 18.0 Å². The molecule has 1 aliphatic rings. The van der Waals surface area contributed by atoms with Gasteiger partial charge < -0.3 is 11.1 Å². The van der Waals surface area contributed by atoms with Gasteiger partial charge in [-0.15, -0.1) is 11.8 Å². The van der Waals surface area contributed by atoms with Gasteiger partial charge in [-0.2, -0.15) is 0 Å². The molecule has 3 N–H and O–H groups in total. The molecule has 1 saturated heterocycles. The van der Waals surface area contributed by atoms with Crippen LogP contribution in [-0.4, -0.2) is 36.8 Å². The van der Waals surface area contributed by atoms with Crippen molar-refractivity contribution in [1.29, 1.82) is 0 Å². The number of nitrogens with zero attached hydrogens (tertiary/aromatic N) is 1. The first-order valence-corrected chi connectivity index (χ1v) is 7.23. The Labute approximate surface area is 108 Å². The second-order valence-electron chi connectivity index (χ2n) is 4.23. The highest BCUT2D eigenvalue weighted by molar-refractivity contribution is 7.99. The number of nitrogens with two attached hydrogens (primary N) is 1. The summed E-state index contributed by atoms with van der Waals surface area (Å²) < 4.78 is 0. The molecule has 1 atom stereocenters. The van der Waals surface area contributed by atoms with E-state index in [9.17, 15) is 0 Å². The molecule has 17 heavy (non-hydrogen) atoms. The largest absolute Gasteiger partial charge is 0.314 e. The molecule has 4 heteroatoms. The van der Waals surface area contributed by atoms with E-state index in [4.69, 9.17) is 5.73 Å². The van der Waals surface area contributed by atoms with Crippen molar-refractivity contribution in [3.05, 3.63) is 29.8 Å². The molecule has 0 saturated carbocycles. The van der Waals surface area contributed by atoms with E-state index < -0.39 is 0 Å². The number of piperazine rings is 1. The molecule has 2 rings (SSSR count). The Morgan fingerprint density at radius 3 is 2.53 bits per heavy atom. The smallest absolute Gasteiger partial charge is 0.0836 e. The SMILES string of the molecule is CCSc1ccc(C(N)N2CCNCC2)cc1. The Bertz CT molecular complexity index is 333. The molecule has 1 aromatic rings. The summed E-state index contributed by atoms with van der Waals surface area (Å²) in [5.74, 6) is 1.11. The van der Waals surface area contributed by atoms with E-state index in [0.29, 0.717) is 0 Å². The summed E-state index contributed by atoms with van der Waals surface area (Å²) in [6.07, 6.45) is 0.0396. The highest BCUT2D eigenvalue weighted by Crippen LogP contribution is 2.21. The summed E-state index contributed by atoms with van der Waals surface area (Å²) in [6.45, 7) is 6.32. The minimum atomic E-state index is 0.0396. The van der Waals surface area contributed by atoms with Crippen molar-refractivity contribution in [3.63, 3.8) is 0 Å². The maximum atomic E-state index is 6.29. The second kappa shape index (κ2) is 6.40. The van der Waals surface area contributed by atoms with Gasteiger partial charge in [0.25, 0.3) is 0 Å². The van der Waals surface area contributed by atoms with Gasteiger partial charge in [-0.25, -0.2) is 0 Å². The first-order valence-electron chi connectivity index (χ1n) is 6.24. The molecular formula is C13H21N3S. The van der Waals surface area contributed by atoms with Crippen molar-refractivity contribution >= 4 is 11.8 Å². The molecule has 0 amide bonds. The fraction of sp³-hybridized carbons (Fsp3) is 0.538. The van der Waals surface area contributed by atoms with Crippen LogP contribution in [0.3, 0.4) is 0 Å². The van der Waals surface area contributed by atoms with E-state index in [2.05, 4.69) is 41.4 Å². The zero-order valence-electron chi connectivity index (χ0n) is 10.4. The Balaban J connectivity index is 2.00. The average molecular weight is 251 g/mol. The molecular weight excluding hydrogens is 230 g/mol. The number of benzene rings is 1. The van der Waals surface area contributed by atoms with Gasteiger partial charge in [0.1, 0.15) is 0 Å². The van der Waals surface area contributed by atoms with Crippen molar-refractivity contribution < 1.29 is 0 Å². The molecule has 0 spiro atoms. The first kappa shape index (κ1) is 12.9. The second-order valence-corrected chi connectivity index (χ2v) is 5.57. The van der Waals surface area contributed by atoms with Crippen LogP contribution in [0.2, 0.25) is 0 Å². The zero-order chi connectivity index (χ0) is 12.1. The average Bonchev–Trinajstić information content (AvgIpc) is 2.40. The van der Waals surface area contributed by atoms with Crippen LogP contribution >= 0.6 is 11.8 Å². The third-order valence-corrected chi connectivity index (χ3v) is 3.97. The molecule has 94 valence electrons. The number of hydrogen-bond acceptors (Lipinski definition) is 4. The molecule has 0 aromatic heterocycles. The minimum Gasteiger partial charge on any atom is -0.314 e. The lowest BCUT2D eigenvalue weighted by Crippen LogP contribution is -2.47. The predicted molar refractivity (Wildman–Crippen MR) is 74.2 cm³/mol. The molecule has 3 nitrogen and oxygen atoms in total. The summed E-state index contributed by atoms with van der Waals surface area (Å²) in [5, 5.41) is 3.35. The Morgan fingerprint density at radius 1 is 1.29 bits per heavy atom. The van der Waals surface area contributed by atoms with Gasteiger partial charge in [-0.1, -0.05) is 19.1 Å². The third-order valence-electron chi connectivity index (χ3n) is 3.08. The van der Waals surface area contributed by atoms with E-state index in [-0.39, 0.29) is 6.17 Å². The van der Waals surface area contributed by atoms with Crippen LogP contribution in [-0.2, 0) is 0 Å². The molecule has 1 aromatic carbocycles. The van der Waals surface area contributed by atoms with Gasteiger partial charge in [0, 0.05) is 31.1 Å². The van der Waals surface area contributed by atoms with E-state index in [1.54, 1.807) is 0 Å². The lowest BCUT2D eigenvalue weighted by Gasteiger charge is -2.32. The van der Waals surface area contributed by atoms with Crippen LogP contribution in [0, 0.1) is 0 Å². The third kappa shape index (κ3) is 3.45. The lowest BCUT2D eigenvalue weighted by atomic mass is 10.1. The van der Waals surface area contributed by atoms with Crippen LogP contribution < -0.4 is 11.1 Å². The Hall–Kier alpha value is -0.550. The van der Waals surface area contributed by atoms with Crippen LogP contribution in [0.25, 0.3) is 0 Å². The lowest BCUT2D eigenvalue weighted by molar-refractivity contribution is 0.177. The minimum absolute atomic E-state index is 0.0396. The predicted octanol–water partition coefficient (Wildman–Crippen LogP) is 1.66. The van der Waals surface area contributed by atoms with Gasteiger partial charge in [0.2, 0.25) is 0 Å². The summed E-state index contributed by atoms with van der Waals surface area (Å²) in [4.78, 5) is 3.65. The molecule has 0 aliphatic carbocycles. The topological polar surface area (TPSA) is 41.3 Å². The van der Waals surface area contributed by atoms with Gasteiger partial charge in [-0.05, 0) is 23.4 Å². The molecule has 1 unspecified atom stereocenters. The molecule has 0 radical (unpaired) electrons. The van der Waals surface area contributed by atoms with E-state index >= 15 is 0 Å². The van der Waals surface area contributed by atoms with Crippen LogP contribution in [0.15, 0.2) is 29.2 Å². The molecule has 1 fully saturated rings. The van der Waals surface area contributed by atoms with Crippen molar-refractivity contribution in [1.82, 2.24) is 10.2 Å². The summed E-state index contributed by atoms with van der Waals surface area (Å²) >= 11 is 1.87. The summed E-state index contributed by atoms with van der Waals surface area (Å²) in [5.41, 5.74) is 7.50. The van der Waals surface area contributed by atoms with E-state index in [1.165, 1.54) is 10.5 Å². The van der Waals surface area contributed by atoms with Gasteiger partial charge in [0.15, 0.2) is 0 Å². The molecule has 0 bridgehead atoms. The maximum absolute atomic E-state index is 6.29. The fourth-order valence-electron chi connectivity index (χ4n) is 2.10. The normalized spacial score (nSPS) is 19.2. The maximum Gasteiger partial charge on any atom is 0.0836 e. The Morgan fingerprint density at radius 2 is 1.94 bits per heavy atom. The van der Waals surface area contributed by atoms with Crippen molar-refractivity contribution in [2.75, 3.05) is 31.9 Å². The standard InChI is InChI=1S/C13H21N3S/c1-2-17-12-5-3-11(4-6-12)13(14)16-9-7-15-8-10-16/h3-6,13,15H,2,7-10,14H2,1H3. The number of thioether (sulfide) groups is 1. The summed E-state index contributed by atoms with van der Waals surface area (Å²) in [6, 6.07) is 8.66. The van der Waals surface area contributed by atoms with Gasteiger partial charge in [-0.3, -0.25) is 4.90 Å². The number of hydrogen-bond donors (Lipinski definition) is 2. The van der Waals surface area contributed by atoms with Crippen LogP contribution in [0.5, 0.6) is 0 Å². The fourth-order valence-corrected chi connectivity index (χ4v) is 2.76. The first-order chi connectivity index (χ1) is 8.31. The zero-order valence-corrected chi connectivity index (χ0v) is 11.2. The van der Waals surface area contributed by atoms with Crippen LogP contribution in [0.1, 0.15) is 18.7 Å². The monoisotopic (exact) mass is 251 g/mol. The quantitative estimate of drug-likeness (QED) is 0.799. The van der Waals surface area contributed by atoms with E-state index in [1.807, 2.05) is 11.8 Å².